The van der Waals surface area contributed by atoms with Crippen LogP contribution in [0.15, 0.2) is 18.2 Å². The van der Waals surface area contributed by atoms with Gasteiger partial charge in [0.15, 0.2) is 0 Å². The number of hydrogen-bond acceptors (Lipinski definition) is 7. The summed E-state index contributed by atoms with van der Waals surface area (Å²) in [6, 6.07) is 5.64. The molecule has 0 aromatic heterocycles. The monoisotopic (exact) mass is 408 g/mol. The van der Waals surface area contributed by atoms with Crippen molar-refractivity contribution in [2.45, 2.75) is 13.5 Å². The Bertz CT molecular complexity index is 655. The van der Waals surface area contributed by atoms with Gasteiger partial charge in [-0.1, -0.05) is 18.2 Å². The Morgan fingerprint density at radius 3 is 1.93 bits per heavy atom. The fourth-order valence-corrected chi connectivity index (χ4v) is 3.45. The van der Waals surface area contributed by atoms with E-state index in [2.05, 4.69) is 10.2 Å². The Kier molecular flexibility index (Phi) is 9.33. The van der Waals surface area contributed by atoms with E-state index in [0.29, 0.717) is 58.9 Å². The molecule has 162 valence electrons. The number of rotatable bonds is 6. The lowest BCUT2D eigenvalue weighted by molar-refractivity contribution is -0.139. The highest BCUT2D eigenvalue weighted by atomic mass is 16.4. The molecule has 1 aromatic carbocycles. The van der Waals surface area contributed by atoms with Crippen molar-refractivity contribution in [3.63, 3.8) is 0 Å². The van der Waals surface area contributed by atoms with E-state index in [1.54, 1.807) is 0 Å². The van der Waals surface area contributed by atoms with E-state index in [-0.39, 0.29) is 18.8 Å². The molecule has 1 saturated heterocycles. The SMILES string of the molecule is Cc1cccc(CN2CCN(CC(=O)O)CCNCCN(CC(=O)O)CC2)c1O. The second kappa shape index (κ2) is 11.7. The van der Waals surface area contributed by atoms with Gasteiger partial charge in [-0.3, -0.25) is 24.3 Å². The van der Waals surface area contributed by atoms with E-state index >= 15 is 0 Å². The van der Waals surface area contributed by atoms with Gasteiger partial charge in [0.1, 0.15) is 5.75 Å². The quantitative estimate of drug-likeness (QED) is 0.511. The first-order valence-electron chi connectivity index (χ1n) is 9.94. The number of para-hydroxylation sites is 1. The average Bonchev–Trinajstić information content (AvgIpc) is 2.64. The van der Waals surface area contributed by atoms with Gasteiger partial charge in [0, 0.05) is 64.5 Å². The molecule has 0 aliphatic carbocycles. The van der Waals surface area contributed by atoms with Crippen molar-refractivity contribution in [1.29, 1.82) is 0 Å². The zero-order chi connectivity index (χ0) is 21.2. The zero-order valence-corrected chi connectivity index (χ0v) is 17.0. The first-order valence-corrected chi connectivity index (χ1v) is 9.94. The molecule has 0 saturated carbocycles. The number of carbonyl (C=O) groups is 2. The topological polar surface area (TPSA) is 117 Å². The highest BCUT2D eigenvalue weighted by Crippen LogP contribution is 2.22. The number of nitrogens with one attached hydrogen (secondary N) is 1. The van der Waals surface area contributed by atoms with Gasteiger partial charge >= 0.3 is 11.9 Å². The largest absolute Gasteiger partial charge is 0.507 e. The average molecular weight is 408 g/mol. The van der Waals surface area contributed by atoms with E-state index in [0.717, 1.165) is 11.1 Å². The summed E-state index contributed by atoms with van der Waals surface area (Å²) in [5.74, 6) is -1.44. The molecule has 9 nitrogen and oxygen atoms in total. The van der Waals surface area contributed by atoms with Gasteiger partial charge in [-0.2, -0.15) is 0 Å². The molecule has 1 heterocycles. The number of nitrogens with zero attached hydrogens (tertiary/aromatic N) is 3. The van der Waals surface area contributed by atoms with Crippen LogP contribution < -0.4 is 5.32 Å². The summed E-state index contributed by atoms with van der Waals surface area (Å²) in [7, 11) is 0. The van der Waals surface area contributed by atoms with Gasteiger partial charge in [0.05, 0.1) is 13.1 Å². The Morgan fingerprint density at radius 1 is 0.897 bits per heavy atom. The maximum atomic E-state index is 11.2. The molecule has 1 aliphatic heterocycles. The molecule has 0 spiro atoms. The van der Waals surface area contributed by atoms with Crippen molar-refractivity contribution in [2.24, 2.45) is 0 Å². The Morgan fingerprint density at radius 2 is 1.41 bits per heavy atom. The van der Waals surface area contributed by atoms with E-state index in [1.807, 2.05) is 34.9 Å². The lowest BCUT2D eigenvalue weighted by Crippen LogP contribution is -2.46. The highest BCUT2D eigenvalue weighted by molar-refractivity contribution is 5.69. The van der Waals surface area contributed by atoms with Crippen molar-refractivity contribution in [3.8, 4) is 5.75 Å². The van der Waals surface area contributed by atoms with E-state index in [4.69, 9.17) is 10.2 Å². The fraction of sp³-hybridized carbons (Fsp3) is 0.600. The van der Waals surface area contributed by atoms with Crippen molar-refractivity contribution >= 4 is 11.9 Å². The van der Waals surface area contributed by atoms with Crippen molar-refractivity contribution in [3.05, 3.63) is 29.3 Å². The van der Waals surface area contributed by atoms with Crippen LogP contribution in [0.25, 0.3) is 0 Å². The lowest BCUT2D eigenvalue weighted by atomic mass is 10.1. The maximum absolute atomic E-state index is 11.2. The van der Waals surface area contributed by atoms with E-state index < -0.39 is 11.9 Å². The molecular weight excluding hydrogens is 376 g/mol. The van der Waals surface area contributed by atoms with Crippen LogP contribution in [0, 0.1) is 6.92 Å². The zero-order valence-electron chi connectivity index (χ0n) is 17.0. The number of phenols is 1. The van der Waals surface area contributed by atoms with Crippen LogP contribution in [0.3, 0.4) is 0 Å². The van der Waals surface area contributed by atoms with Crippen molar-refractivity contribution in [1.82, 2.24) is 20.0 Å². The highest BCUT2D eigenvalue weighted by Gasteiger charge is 2.17. The van der Waals surface area contributed by atoms with Crippen LogP contribution in [0.4, 0.5) is 0 Å². The summed E-state index contributed by atoms with van der Waals surface area (Å²) >= 11 is 0. The van der Waals surface area contributed by atoms with Gasteiger partial charge in [-0.05, 0) is 12.5 Å². The number of hydrogen-bond donors (Lipinski definition) is 4. The number of phenolic OH excluding ortho intramolecular Hbond substituents is 1. The number of aliphatic carboxylic acids is 2. The molecule has 0 atom stereocenters. The molecule has 29 heavy (non-hydrogen) atoms. The maximum Gasteiger partial charge on any atom is 0.317 e. The number of aromatic hydroxyl groups is 1. The van der Waals surface area contributed by atoms with Crippen LogP contribution in [0.5, 0.6) is 5.75 Å². The number of benzene rings is 1. The molecule has 9 heteroatoms. The van der Waals surface area contributed by atoms with Gasteiger partial charge in [0.25, 0.3) is 0 Å². The van der Waals surface area contributed by atoms with Gasteiger partial charge in [-0.25, -0.2) is 0 Å². The molecule has 0 unspecified atom stereocenters. The lowest BCUT2D eigenvalue weighted by Gasteiger charge is -2.31. The summed E-state index contributed by atoms with van der Waals surface area (Å²) in [6.45, 7) is 7.26. The third kappa shape index (κ3) is 8.36. The van der Waals surface area contributed by atoms with E-state index in [9.17, 15) is 14.7 Å². The molecule has 1 aromatic rings. The minimum Gasteiger partial charge on any atom is -0.507 e. The molecule has 0 amide bonds. The van der Waals surface area contributed by atoms with Crippen LogP contribution in [-0.4, -0.2) is 107 Å². The minimum atomic E-state index is -0.854. The molecule has 0 radical (unpaired) electrons. The van der Waals surface area contributed by atoms with Gasteiger partial charge < -0.3 is 20.6 Å². The van der Waals surface area contributed by atoms with E-state index in [1.165, 1.54) is 0 Å². The second-order valence-electron chi connectivity index (χ2n) is 7.45. The Hall–Kier alpha value is -2.20. The van der Waals surface area contributed by atoms with Crippen LogP contribution in [0.2, 0.25) is 0 Å². The molecule has 1 fully saturated rings. The van der Waals surface area contributed by atoms with Crippen molar-refractivity contribution in [2.75, 3.05) is 65.4 Å². The summed E-state index contributed by atoms with van der Waals surface area (Å²) in [6.07, 6.45) is 0. The Balaban J connectivity index is 2.11. The minimum absolute atomic E-state index is 0.0175. The third-order valence-electron chi connectivity index (χ3n) is 5.11. The Labute approximate surface area is 171 Å². The van der Waals surface area contributed by atoms with Crippen molar-refractivity contribution < 1.29 is 24.9 Å². The van der Waals surface area contributed by atoms with Gasteiger partial charge in [-0.15, -0.1) is 0 Å². The normalized spacial score (nSPS) is 18.7. The standard InChI is InChI=1S/C20H32N4O5/c1-16-3-2-4-17(20(16)29)13-24-11-9-22(14-18(25)26)7-5-21-6-8-23(10-12-24)15-19(27)28/h2-4,21,29H,5-15H2,1H3,(H,25,26)(H,27,28). The first kappa shape index (κ1) is 23.1. The summed E-state index contributed by atoms with van der Waals surface area (Å²) in [4.78, 5) is 28.3. The molecule has 4 N–H and O–H groups in total. The number of carboxylic acids is 2. The smallest absolute Gasteiger partial charge is 0.317 e. The molecule has 2 rings (SSSR count). The first-order chi connectivity index (χ1) is 13.8. The number of aryl methyl sites for hydroxylation is 1. The predicted octanol–water partition coefficient (Wildman–Crippen LogP) is -0.121. The molecule has 1 aliphatic rings. The van der Waals surface area contributed by atoms with Gasteiger partial charge in [0.2, 0.25) is 0 Å². The fourth-order valence-electron chi connectivity index (χ4n) is 3.45. The molecule has 0 bridgehead atoms. The summed E-state index contributed by atoms with van der Waals surface area (Å²) < 4.78 is 0. The summed E-state index contributed by atoms with van der Waals surface area (Å²) in [5, 5.41) is 32.0. The number of carboxylic acid groups (broad SMARTS) is 2. The second-order valence-corrected chi connectivity index (χ2v) is 7.45. The molecular formula is C20H32N4O5. The predicted molar refractivity (Wildman–Crippen MR) is 109 cm³/mol. The van der Waals surface area contributed by atoms with Crippen LogP contribution >= 0.6 is 0 Å². The van der Waals surface area contributed by atoms with Crippen LogP contribution in [0.1, 0.15) is 11.1 Å². The third-order valence-corrected chi connectivity index (χ3v) is 5.11. The van der Waals surface area contributed by atoms with Crippen LogP contribution in [-0.2, 0) is 16.1 Å². The summed E-state index contributed by atoms with van der Waals surface area (Å²) in [5.41, 5.74) is 1.62.